The molecule has 1 atom stereocenters. The molecule has 2 aliphatic heterocycles. The summed E-state index contributed by atoms with van der Waals surface area (Å²) in [5.74, 6) is 1.69. The van der Waals surface area contributed by atoms with Crippen molar-refractivity contribution in [1.29, 1.82) is 0 Å². The van der Waals surface area contributed by atoms with Crippen molar-refractivity contribution in [1.82, 2.24) is 8.01 Å². The van der Waals surface area contributed by atoms with Gasteiger partial charge >= 0.3 is 0 Å². The molecule has 2 fully saturated rings. The topological polar surface area (TPSA) is 6.48 Å². The van der Waals surface area contributed by atoms with Crippen molar-refractivity contribution in [2.24, 2.45) is 5.92 Å². The molecule has 2 aliphatic rings. The van der Waals surface area contributed by atoms with E-state index < -0.39 is 0 Å². The zero-order valence-electron chi connectivity index (χ0n) is 12.4. The minimum atomic E-state index is 0.763. The van der Waals surface area contributed by atoms with Crippen LogP contribution in [0.2, 0.25) is 0 Å². The number of piperidine rings is 1. The molecule has 0 aliphatic carbocycles. The van der Waals surface area contributed by atoms with Crippen molar-refractivity contribution in [2.75, 3.05) is 32.7 Å². The third-order valence-corrected chi connectivity index (χ3v) is 5.83. The average Bonchev–Trinajstić information content (AvgIpc) is 2.90. The Labute approximate surface area is 137 Å². The molecule has 0 spiro atoms. The fraction of sp³-hybridized carbons (Fsp3) is 0.647. The summed E-state index contributed by atoms with van der Waals surface area (Å²) in [6.07, 6.45) is 4.11. The fourth-order valence-corrected chi connectivity index (χ4v) is 4.20. The lowest BCUT2D eigenvalue weighted by atomic mass is 9.96. The minimum Gasteiger partial charge on any atom is -0.302 e. The molecular formula is C17H25IN2. The van der Waals surface area contributed by atoms with E-state index in [1.807, 2.05) is 0 Å². The Morgan fingerprint density at radius 1 is 1.15 bits per heavy atom. The highest BCUT2D eigenvalue weighted by molar-refractivity contribution is 14.1. The van der Waals surface area contributed by atoms with Crippen molar-refractivity contribution >= 4 is 22.9 Å². The van der Waals surface area contributed by atoms with E-state index in [1.165, 1.54) is 57.5 Å². The highest BCUT2D eigenvalue weighted by Crippen LogP contribution is 2.29. The SMILES string of the molecule is Cc1cccc(C2CCN(CC3CCN(I)CC3)C2)c1. The van der Waals surface area contributed by atoms with Gasteiger partial charge in [-0.3, -0.25) is 0 Å². The Morgan fingerprint density at radius 2 is 1.95 bits per heavy atom. The van der Waals surface area contributed by atoms with Gasteiger partial charge in [0.2, 0.25) is 0 Å². The second-order valence-electron chi connectivity index (χ2n) is 6.51. The van der Waals surface area contributed by atoms with Crippen LogP contribution in [0.3, 0.4) is 0 Å². The van der Waals surface area contributed by atoms with Crippen LogP contribution in [0.5, 0.6) is 0 Å². The van der Waals surface area contributed by atoms with Gasteiger partial charge in [0.05, 0.1) is 0 Å². The van der Waals surface area contributed by atoms with Crippen molar-refractivity contribution in [3.05, 3.63) is 35.4 Å². The number of rotatable bonds is 3. The Bertz CT molecular complexity index is 440. The van der Waals surface area contributed by atoms with Gasteiger partial charge in [0.1, 0.15) is 0 Å². The molecule has 1 unspecified atom stereocenters. The smallest absolute Gasteiger partial charge is 0.0201 e. The van der Waals surface area contributed by atoms with Crippen LogP contribution in [0, 0.1) is 12.8 Å². The number of halogens is 1. The van der Waals surface area contributed by atoms with Gasteiger partial charge in [-0.25, -0.2) is 3.11 Å². The summed E-state index contributed by atoms with van der Waals surface area (Å²) >= 11 is 2.47. The molecule has 1 aromatic rings. The van der Waals surface area contributed by atoms with Crippen molar-refractivity contribution in [3.8, 4) is 0 Å². The summed E-state index contributed by atoms with van der Waals surface area (Å²) < 4.78 is 2.44. The molecule has 0 N–H and O–H groups in total. The van der Waals surface area contributed by atoms with E-state index in [1.54, 1.807) is 5.56 Å². The van der Waals surface area contributed by atoms with Crippen LogP contribution in [0.25, 0.3) is 0 Å². The molecule has 2 nitrogen and oxygen atoms in total. The molecule has 3 heteroatoms. The first-order valence-corrected chi connectivity index (χ1v) is 8.87. The number of hydrogen-bond acceptors (Lipinski definition) is 2. The van der Waals surface area contributed by atoms with Gasteiger partial charge in [0, 0.05) is 49.0 Å². The van der Waals surface area contributed by atoms with Crippen molar-refractivity contribution in [2.45, 2.75) is 32.1 Å². The first kappa shape index (κ1) is 14.8. The zero-order valence-corrected chi connectivity index (χ0v) is 14.6. The summed E-state index contributed by atoms with van der Waals surface area (Å²) in [6, 6.07) is 9.11. The van der Waals surface area contributed by atoms with E-state index in [4.69, 9.17) is 0 Å². The summed E-state index contributed by atoms with van der Waals surface area (Å²) in [6.45, 7) is 8.65. The lowest BCUT2D eigenvalue weighted by Gasteiger charge is -2.30. The molecule has 0 bridgehead atoms. The second kappa shape index (κ2) is 6.75. The summed E-state index contributed by atoms with van der Waals surface area (Å²) in [4.78, 5) is 2.71. The zero-order chi connectivity index (χ0) is 13.9. The second-order valence-corrected chi connectivity index (χ2v) is 7.88. The van der Waals surface area contributed by atoms with Gasteiger partial charge in [-0.05, 0) is 50.1 Å². The fourth-order valence-electron chi connectivity index (χ4n) is 3.64. The molecule has 0 saturated carbocycles. The number of hydrogen-bond donors (Lipinski definition) is 0. The number of aryl methyl sites for hydroxylation is 1. The van der Waals surface area contributed by atoms with E-state index in [2.05, 4.69) is 62.1 Å². The van der Waals surface area contributed by atoms with Gasteiger partial charge in [-0.1, -0.05) is 29.8 Å². The van der Waals surface area contributed by atoms with Crippen LogP contribution in [0.1, 0.15) is 36.3 Å². The predicted molar refractivity (Wildman–Crippen MR) is 93.3 cm³/mol. The van der Waals surface area contributed by atoms with Crippen molar-refractivity contribution < 1.29 is 0 Å². The van der Waals surface area contributed by atoms with Gasteiger partial charge in [-0.15, -0.1) is 0 Å². The van der Waals surface area contributed by atoms with Crippen LogP contribution < -0.4 is 0 Å². The lowest BCUT2D eigenvalue weighted by molar-refractivity contribution is 0.217. The van der Waals surface area contributed by atoms with Gasteiger partial charge in [0.15, 0.2) is 0 Å². The summed E-state index contributed by atoms with van der Waals surface area (Å²) in [5, 5.41) is 0. The molecule has 0 radical (unpaired) electrons. The maximum atomic E-state index is 2.71. The van der Waals surface area contributed by atoms with Crippen LogP contribution in [-0.2, 0) is 0 Å². The predicted octanol–water partition coefficient (Wildman–Crippen LogP) is 3.85. The number of nitrogens with zero attached hydrogens (tertiary/aromatic N) is 2. The summed E-state index contributed by atoms with van der Waals surface area (Å²) in [7, 11) is 0. The monoisotopic (exact) mass is 384 g/mol. The van der Waals surface area contributed by atoms with Gasteiger partial charge in [-0.2, -0.15) is 0 Å². The normalized spacial score (nSPS) is 26.2. The molecule has 2 saturated heterocycles. The number of benzene rings is 1. The van der Waals surface area contributed by atoms with Gasteiger partial charge in [0.25, 0.3) is 0 Å². The Kier molecular flexibility index (Phi) is 5.00. The Morgan fingerprint density at radius 3 is 2.70 bits per heavy atom. The van der Waals surface area contributed by atoms with Crippen LogP contribution in [0.15, 0.2) is 24.3 Å². The Hall–Kier alpha value is -0.130. The molecule has 0 aromatic heterocycles. The van der Waals surface area contributed by atoms with E-state index in [9.17, 15) is 0 Å². The van der Waals surface area contributed by atoms with Crippen LogP contribution >= 0.6 is 22.9 Å². The van der Waals surface area contributed by atoms with Crippen LogP contribution in [-0.4, -0.2) is 40.7 Å². The Balaban J connectivity index is 1.52. The minimum absolute atomic E-state index is 0.763. The lowest BCUT2D eigenvalue weighted by Crippen LogP contribution is -2.34. The average molecular weight is 384 g/mol. The molecule has 0 amide bonds. The van der Waals surface area contributed by atoms with E-state index >= 15 is 0 Å². The standard InChI is InChI=1S/C17H25IN2/c1-14-3-2-4-16(11-14)17-7-8-19(13-17)12-15-5-9-20(18)10-6-15/h2-4,11,15,17H,5-10,12-13H2,1H3. The third-order valence-electron chi connectivity index (χ3n) is 4.86. The molecule has 2 heterocycles. The largest absolute Gasteiger partial charge is 0.302 e. The summed E-state index contributed by atoms with van der Waals surface area (Å²) in [5.41, 5.74) is 2.95. The molecule has 20 heavy (non-hydrogen) atoms. The highest BCUT2D eigenvalue weighted by Gasteiger charge is 2.27. The maximum Gasteiger partial charge on any atom is 0.0201 e. The maximum absolute atomic E-state index is 2.71. The molecule has 3 rings (SSSR count). The van der Waals surface area contributed by atoms with E-state index in [-0.39, 0.29) is 0 Å². The van der Waals surface area contributed by atoms with Crippen molar-refractivity contribution in [3.63, 3.8) is 0 Å². The first-order chi connectivity index (χ1) is 9.70. The highest BCUT2D eigenvalue weighted by atomic mass is 127. The van der Waals surface area contributed by atoms with Crippen LogP contribution in [0.4, 0.5) is 0 Å². The quantitative estimate of drug-likeness (QED) is 0.577. The molecular weight excluding hydrogens is 359 g/mol. The van der Waals surface area contributed by atoms with E-state index in [0.717, 1.165) is 11.8 Å². The molecule has 110 valence electrons. The third kappa shape index (κ3) is 3.74. The first-order valence-electron chi connectivity index (χ1n) is 7.90. The number of likely N-dealkylation sites (tertiary alicyclic amines) is 1. The van der Waals surface area contributed by atoms with Gasteiger partial charge < -0.3 is 4.90 Å². The molecule has 1 aromatic carbocycles. The van der Waals surface area contributed by atoms with E-state index in [0.29, 0.717) is 0 Å².